The summed E-state index contributed by atoms with van der Waals surface area (Å²) in [4.78, 5) is 29.5. The van der Waals surface area contributed by atoms with Gasteiger partial charge in [-0.2, -0.15) is 0 Å². The van der Waals surface area contributed by atoms with Crippen LogP contribution >= 0.6 is 23.4 Å². The van der Waals surface area contributed by atoms with Gasteiger partial charge < -0.3 is 19.3 Å². The molecule has 0 spiro atoms. The summed E-state index contributed by atoms with van der Waals surface area (Å²) in [6, 6.07) is 13.3. The van der Waals surface area contributed by atoms with E-state index in [1.165, 1.54) is 0 Å². The van der Waals surface area contributed by atoms with Crippen LogP contribution in [0.2, 0.25) is 5.02 Å². The molecule has 31 heavy (non-hydrogen) atoms. The molecule has 6 nitrogen and oxygen atoms in total. The van der Waals surface area contributed by atoms with E-state index in [2.05, 4.69) is 0 Å². The second kappa shape index (κ2) is 11.3. The molecule has 1 aliphatic heterocycles. The molecule has 1 saturated heterocycles. The summed E-state index contributed by atoms with van der Waals surface area (Å²) in [5.74, 6) is 1.42. The molecule has 0 bridgehead atoms. The Morgan fingerprint density at radius 2 is 1.65 bits per heavy atom. The minimum absolute atomic E-state index is 0.0377. The minimum Gasteiger partial charge on any atom is -0.494 e. The van der Waals surface area contributed by atoms with Crippen LogP contribution in [0.3, 0.4) is 0 Å². The Morgan fingerprint density at radius 1 is 0.968 bits per heavy atom. The second-order valence-corrected chi connectivity index (χ2v) is 8.46. The Labute approximate surface area is 192 Å². The first-order chi connectivity index (χ1) is 15.0. The maximum absolute atomic E-state index is 13.1. The van der Waals surface area contributed by atoms with E-state index in [-0.39, 0.29) is 12.0 Å². The van der Waals surface area contributed by atoms with Crippen molar-refractivity contribution in [2.24, 2.45) is 0 Å². The fraction of sp³-hybridized carbons (Fsp3) is 0.391. The molecular formula is C23H27ClN2O4S. The maximum Gasteiger partial charge on any atom is 0.409 e. The number of carbonyl (C=O) groups is 2. The van der Waals surface area contributed by atoms with Crippen molar-refractivity contribution in [3.05, 3.63) is 58.6 Å². The molecule has 0 saturated carbocycles. The summed E-state index contributed by atoms with van der Waals surface area (Å²) in [5.41, 5.74) is 1.59. The summed E-state index contributed by atoms with van der Waals surface area (Å²) < 4.78 is 10.8. The Balaban J connectivity index is 1.68. The average molecular weight is 463 g/mol. The molecule has 3 rings (SSSR count). The number of ether oxygens (including phenoxy) is 2. The van der Waals surface area contributed by atoms with Crippen molar-refractivity contribution < 1.29 is 19.1 Å². The number of nitrogens with zero attached hydrogens (tertiary/aromatic N) is 2. The average Bonchev–Trinajstić information content (AvgIpc) is 2.79. The number of hydrogen-bond donors (Lipinski definition) is 0. The number of rotatable bonds is 7. The van der Waals surface area contributed by atoms with Crippen LogP contribution in [0.5, 0.6) is 5.75 Å². The molecule has 0 N–H and O–H groups in total. The lowest BCUT2D eigenvalue weighted by atomic mass is 10.1. The van der Waals surface area contributed by atoms with E-state index < -0.39 is 0 Å². The molecule has 0 unspecified atom stereocenters. The number of amides is 2. The van der Waals surface area contributed by atoms with E-state index >= 15 is 0 Å². The van der Waals surface area contributed by atoms with E-state index in [1.54, 1.807) is 28.5 Å². The lowest BCUT2D eigenvalue weighted by Gasteiger charge is -2.34. The van der Waals surface area contributed by atoms with Gasteiger partial charge in [0.15, 0.2) is 0 Å². The van der Waals surface area contributed by atoms with E-state index in [4.69, 9.17) is 21.1 Å². The molecule has 2 aromatic carbocycles. The number of carbonyl (C=O) groups excluding carboxylic acids is 2. The molecule has 0 radical (unpaired) electrons. The van der Waals surface area contributed by atoms with Crippen LogP contribution in [-0.4, -0.2) is 61.2 Å². The molecule has 1 heterocycles. The Morgan fingerprint density at radius 3 is 2.29 bits per heavy atom. The van der Waals surface area contributed by atoms with Crippen LogP contribution in [0.15, 0.2) is 47.4 Å². The second-order valence-electron chi connectivity index (χ2n) is 6.98. The van der Waals surface area contributed by atoms with Crippen molar-refractivity contribution in [2.45, 2.75) is 24.5 Å². The van der Waals surface area contributed by atoms with E-state index in [0.717, 1.165) is 16.2 Å². The van der Waals surface area contributed by atoms with Crippen molar-refractivity contribution in [1.29, 1.82) is 0 Å². The Kier molecular flexibility index (Phi) is 8.49. The van der Waals surface area contributed by atoms with Crippen LogP contribution in [0, 0.1) is 0 Å². The van der Waals surface area contributed by atoms with Gasteiger partial charge in [0.25, 0.3) is 5.91 Å². The quantitative estimate of drug-likeness (QED) is 0.545. The number of hydrogen-bond acceptors (Lipinski definition) is 5. The highest BCUT2D eigenvalue weighted by Crippen LogP contribution is 2.30. The first kappa shape index (κ1) is 23.3. The largest absolute Gasteiger partial charge is 0.494 e. The van der Waals surface area contributed by atoms with Crippen molar-refractivity contribution >= 4 is 35.4 Å². The van der Waals surface area contributed by atoms with E-state index in [9.17, 15) is 9.59 Å². The predicted molar refractivity (Wildman–Crippen MR) is 123 cm³/mol. The minimum atomic E-state index is -0.322. The van der Waals surface area contributed by atoms with Gasteiger partial charge in [-0.05, 0) is 56.3 Å². The summed E-state index contributed by atoms with van der Waals surface area (Å²) in [5, 5.41) is 0.704. The Hall–Kier alpha value is -2.38. The third-order valence-electron chi connectivity index (χ3n) is 4.91. The lowest BCUT2D eigenvalue weighted by Crippen LogP contribution is -2.50. The SMILES string of the molecule is CCOC(=O)N1CCN(C(=O)c2ccc(OCC)c(CSc3ccc(Cl)cc3)c2)CC1. The molecule has 0 atom stereocenters. The molecule has 8 heteroatoms. The summed E-state index contributed by atoms with van der Waals surface area (Å²) in [6.45, 7) is 6.55. The molecule has 2 aromatic rings. The zero-order chi connectivity index (χ0) is 22.2. The molecule has 0 aromatic heterocycles. The number of thioether (sulfide) groups is 1. The topological polar surface area (TPSA) is 59.1 Å². The van der Waals surface area contributed by atoms with Gasteiger partial charge in [0, 0.05) is 53.0 Å². The first-order valence-electron chi connectivity index (χ1n) is 10.4. The monoisotopic (exact) mass is 462 g/mol. The smallest absolute Gasteiger partial charge is 0.409 e. The van der Waals surface area contributed by atoms with Crippen molar-refractivity contribution in [1.82, 2.24) is 9.80 Å². The summed E-state index contributed by atoms with van der Waals surface area (Å²) >= 11 is 7.63. The molecular weight excluding hydrogens is 436 g/mol. The highest BCUT2D eigenvalue weighted by molar-refractivity contribution is 7.98. The van der Waals surface area contributed by atoms with Crippen LogP contribution in [0.4, 0.5) is 4.79 Å². The normalized spacial score (nSPS) is 13.8. The molecule has 1 aliphatic rings. The van der Waals surface area contributed by atoms with E-state index in [0.29, 0.717) is 55.7 Å². The predicted octanol–water partition coefficient (Wildman–Crippen LogP) is 4.95. The zero-order valence-electron chi connectivity index (χ0n) is 17.8. The van der Waals surface area contributed by atoms with Crippen molar-refractivity contribution in [3.8, 4) is 5.75 Å². The molecule has 2 amide bonds. The summed E-state index contributed by atoms with van der Waals surface area (Å²) in [6.07, 6.45) is -0.322. The highest BCUT2D eigenvalue weighted by Gasteiger charge is 2.26. The molecule has 166 valence electrons. The van der Waals surface area contributed by atoms with Crippen LogP contribution in [0.1, 0.15) is 29.8 Å². The third-order valence-corrected chi connectivity index (χ3v) is 6.22. The molecule has 1 fully saturated rings. The zero-order valence-corrected chi connectivity index (χ0v) is 19.4. The fourth-order valence-electron chi connectivity index (χ4n) is 3.30. The Bertz CT molecular complexity index is 899. The third kappa shape index (κ3) is 6.31. The van der Waals surface area contributed by atoms with Gasteiger partial charge in [0.2, 0.25) is 0 Å². The van der Waals surface area contributed by atoms with Gasteiger partial charge in [-0.15, -0.1) is 11.8 Å². The first-order valence-corrected chi connectivity index (χ1v) is 11.7. The van der Waals surface area contributed by atoms with Crippen LogP contribution in [-0.2, 0) is 10.5 Å². The highest BCUT2D eigenvalue weighted by atomic mass is 35.5. The van der Waals surface area contributed by atoms with Gasteiger partial charge in [-0.1, -0.05) is 11.6 Å². The van der Waals surface area contributed by atoms with Gasteiger partial charge in [-0.3, -0.25) is 4.79 Å². The van der Waals surface area contributed by atoms with E-state index in [1.807, 2.05) is 49.4 Å². The lowest BCUT2D eigenvalue weighted by molar-refractivity contribution is 0.0570. The standard InChI is InChI=1S/C23H27ClN2O4S/c1-3-29-21-10-5-17(15-18(21)16-31-20-8-6-19(24)7-9-20)22(27)25-11-13-26(14-12-25)23(28)30-4-2/h5-10,15H,3-4,11-14,16H2,1-2H3. The number of benzene rings is 2. The summed E-state index contributed by atoms with van der Waals surface area (Å²) in [7, 11) is 0. The van der Waals surface area contributed by atoms with Crippen molar-refractivity contribution in [3.63, 3.8) is 0 Å². The maximum atomic E-state index is 13.1. The molecule has 0 aliphatic carbocycles. The van der Waals surface area contributed by atoms with Gasteiger partial charge in [0.05, 0.1) is 13.2 Å². The number of halogens is 1. The van der Waals surface area contributed by atoms with Gasteiger partial charge >= 0.3 is 6.09 Å². The van der Waals surface area contributed by atoms with Gasteiger partial charge in [0.1, 0.15) is 5.75 Å². The van der Waals surface area contributed by atoms with Gasteiger partial charge in [-0.25, -0.2) is 4.79 Å². The van der Waals surface area contributed by atoms with Crippen molar-refractivity contribution in [2.75, 3.05) is 39.4 Å². The number of piperazine rings is 1. The van der Waals surface area contributed by atoms with Crippen LogP contribution in [0.25, 0.3) is 0 Å². The fourth-order valence-corrected chi connectivity index (χ4v) is 4.31. The van der Waals surface area contributed by atoms with Crippen LogP contribution < -0.4 is 4.74 Å².